The lowest BCUT2D eigenvalue weighted by Gasteiger charge is -2.35. The highest BCUT2D eigenvalue weighted by Crippen LogP contribution is 2.65. The summed E-state index contributed by atoms with van der Waals surface area (Å²) in [5.74, 6) is 2.39. The number of aryl methyl sites for hydroxylation is 2. The number of fused-ring (bicyclic) bond motifs is 13. The van der Waals surface area contributed by atoms with Gasteiger partial charge in [-0.15, -0.1) is 46.2 Å². The first kappa shape index (κ1) is 97.3. The molecule has 3 aromatic carbocycles. The maximum atomic E-state index is 5.70. The molecule has 3 aliphatic rings. The lowest BCUT2D eigenvalue weighted by atomic mass is 9.68. The van der Waals surface area contributed by atoms with Gasteiger partial charge >= 0.3 is 0 Å². The Kier molecular flexibility index (Phi) is 46.4. The van der Waals surface area contributed by atoms with E-state index in [9.17, 15) is 0 Å². The zero-order chi connectivity index (χ0) is 82.5. The van der Waals surface area contributed by atoms with Gasteiger partial charge in [0.05, 0.1) is 33.2 Å². The first-order valence-corrected chi connectivity index (χ1v) is 56.4. The summed E-state index contributed by atoms with van der Waals surface area (Å²) in [5.41, 5.74) is 23.8. The molecule has 0 saturated carbocycles. The highest BCUT2D eigenvalue weighted by Gasteiger charge is 2.50. The Bertz CT molecular complexity index is 3850. The van der Waals surface area contributed by atoms with Crippen molar-refractivity contribution in [3.8, 4) is 42.4 Å². The van der Waals surface area contributed by atoms with Gasteiger partial charge in [-0.05, 0) is 133 Å². The first-order valence-electron chi connectivity index (χ1n) is 51.3. The third-order valence-electron chi connectivity index (χ3n) is 28.1. The zero-order valence-electron chi connectivity index (χ0n) is 77.2. The zero-order valence-corrected chi connectivity index (χ0v) is 82.1. The van der Waals surface area contributed by atoms with Gasteiger partial charge in [-0.3, -0.25) is 0 Å². The Morgan fingerprint density at radius 1 is 0.263 bits per heavy atom. The molecule has 0 fully saturated rings. The van der Waals surface area contributed by atoms with Crippen LogP contribution in [0, 0.1) is 13.8 Å². The van der Waals surface area contributed by atoms with E-state index in [1.807, 2.05) is 11.3 Å². The van der Waals surface area contributed by atoms with Crippen LogP contribution in [0.4, 0.5) is 0 Å². The fraction of sp³-hybridized carbons (Fsp3) is 0.741. The van der Waals surface area contributed by atoms with Crippen molar-refractivity contribution in [3.63, 3.8) is 0 Å². The van der Waals surface area contributed by atoms with E-state index < -0.39 is 0 Å². The van der Waals surface area contributed by atoms with Gasteiger partial charge in [-0.25, -0.2) is 0 Å². The average molecular weight is 1720 g/mol. The number of hydrogen-bond acceptors (Lipinski definition) is 10. The van der Waals surface area contributed by atoms with Crippen LogP contribution in [-0.4, -0.2) is 29.0 Å². The predicted molar refractivity (Wildman–Crippen MR) is 536 cm³/mol. The molecule has 0 saturated heterocycles. The molecule has 118 heavy (non-hydrogen) atoms. The van der Waals surface area contributed by atoms with E-state index in [0.717, 1.165) is 11.0 Å². The largest absolute Gasteiger partial charge is 0.173 e. The van der Waals surface area contributed by atoms with Crippen LogP contribution in [0.3, 0.4) is 0 Å². The lowest BCUT2D eigenvalue weighted by Crippen LogP contribution is -2.27. The smallest absolute Gasteiger partial charge is 0.114 e. The van der Waals surface area contributed by atoms with Crippen LogP contribution in [0.1, 0.15) is 522 Å². The van der Waals surface area contributed by atoms with Crippen molar-refractivity contribution in [2.75, 3.05) is 11.5 Å². The Morgan fingerprint density at radius 3 is 0.881 bits per heavy atom. The maximum absolute atomic E-state index is 5.70. The van der Waals surface area contributed by atoms with Crippen molar-refractivity contribution >= 4 is 97.3 Å². The number of benzene rings is 3. The van der Waals surface area contributed by atoms with E-state index in [4.69, 9.17) is 17.5 Å². The van der Waals surface area contributed by atoms with E-state index in [2.05, 4.69) is 127 Å². The summed E-state index contributed by atoms with van der Waals surface area (Å²) in [5, 5.41) is 0. The van der Waals surface area contributed by atoms with Crippen molar-refractivity contribution in [1.82, 2.24) is 17.5 Å². The van der Waals surface area contributed by atoms with Gasteiger partial charge in [0.25, 0.3) is 0 Å². The van der Waals surface area contributed by atoms with Crippen molar-refractivity contribution in [1.29, 1.82) is 0 Å². The monoisotopic (exact) mass is 1720 g/mol. The molecule has 0 aliphatic heterocycles. The van der Waals surface area contributed by atoms with Crippen molar-refractivity contribution in [2.24, 2.45) is 0 Å². The number of thioether (sulfide) groups is 2. The third kappa shape index (κ3) is 28.6. The molecule has 0 amide bonds. The molecule has 7 aromatic rings. The van der Waals surface area contributed by atoms with Gasteiger partial charge in [0.2, 0.25) is 0 Å². The minimum Gasteiger partial charge on any atom is -0.173 e. The second-order valence-corrected chi connectivity index (χ2v) is 43.6. The fourth-order valence-corrected chi connectivity index (χ4v) is 27.3. The summed E-state index contributed by atoms with van der Waals surface area (Å²) in [4.78, 5) is 5.82. The number of rotatable bonds is 73. The van der Waals surface area contributed by atoms with Crippen LogP contribution < -0.4 is 0 Å². The van der Waals surface area contributed by atoms with E-state index in [0.29, 0.717) is 0 Å². The van der Waals surface area contributed by atoms with Crippen LogP contribution in [0.15, 0.2) is 40.6 Å². The van der Waals surface area contributed by atoms with Crippen molar-refractivity contribution in [3.05, 3.63) is 84.5 Å². The summed E-state index contributed by atoms with van der Waals surface area (Å²) in [6.07, 6.45) is 92.9. The van der Waals surface area contributed by atoms with Crippen molar-refractivity contribution in [2.45, 2.75) is 503 Å². The molecule has 0 unspecified atom stereocenters. The average Bonchev–Trinajstić information content (AvgIpc) is 1.51. The molecule has 10 rings (SSSR count). The molecule has 0 N–H and O–H groups in total. The Hall–Kier alpha value is -2.86. The normalized spacial score (nSPS) is 13.6. The number of unbranched alkanes of at least 4 members (excludes halogenated alkanes) is 58. The predicted octanol–water partition coefficient (Wildman–Crippen LogP) is 39.4. The van der Waals surface area contributed by atoms with Crippen LogP contribution in [0.25, 0.3) is 70.1 Å². The summed E-state index contributed by atoms with van der Waals surface area (Å²) in [6.45, 7) is 18.8. The fourth-order valence-electron chi connectivity index (χ4n) is 21.1. The second kappa shape index (κ2) is 56.3. The SMILES string of the molecule is CCCCCCCCCCCCCCCCC1(CCCCCCCCCCCCCCCC)c2cc3c(cc2-c2c1cc(C)c1nsnc21)C(CCCCCCCCCCCCCCCC)(CCCCCCCCCCCCCCCC)c1cc(-c2cc4c(s2)-c2sc(C)cc2C4=C(SCCCCCC)SCCCCCC)c2nsnc2c1-3. The van der Waals surface area contributed by atoms with E-state index in [1.54, 1.807) is 26.5 Å². The van der Waals surface area contributed by atoms with Gasteiger partial charge in [0, 0.05) is 58.2 Å². The minimum atomic E-state index is -0.168. The topological polar surface area (TPSA) is 51.6 Å². The first-order chi connectivity index (χ1) is 58.3. The molecule has 4 heterocycles. The Morgan fingerprint density at radius 2 is 0.534 bits per heavy atom. The summed E-state index contributed by atoms with van der Waals surface area (Å²) >= 11 is 11.4. The Balaban J connectivity index is 1.04. The molecule has 0 radical (unpaired) electrons. The Labute approximate surface area is 749 Å². The number of aromatic nitrogens is 4. The van der Waals surface area contributed by atoms with Crippen molar-refractivity contribution < 1.29 is 0 Å². The summed E-state index contributed by atoms with van der Waals surface area (Å²) in [6, 6.07) is 16.5. The molecule has 10 heteroatoms. The number of nitrogens with zero attached hydrogens (tertiary/aromatic N) is 4. The van der Waals surface area contributed by atoms with E-state index >= 15 is 0 Å². The maximum Gasteiger partial charge on any atom is 0.114 e. The standard InChI is InChI=1S/C108H170N4S6/c1-9-15-21-27-31-35-39-43-47-51-55-59-63-67-73-107(74-68-64-60-56-52-48-44-40-36-32-28-22-16-10-2)92-82-88-93(81-87(92)98-94(107)79-85(7)100-102(98)111-117-109-100)108(75-69-65-61-57-53-49-45-41-37-33-29-23-17-11-3,76-70-66-62-58-54-50-46-42-38-34-30-24-18-12-4)95-83-89(101-103(99(88)95)112-118-110-101)96-84-91-97(90-80-86(8)115-104(90)105(91)116-96)106(113-77-71-25-19-13-5)114-78-72-26-20-14-6/h79-84H,9-78H2,1-8H3. The molecule has 658 valence electrons. The number of thiophene rings is 2. The van der Waals surface area contributed by atoms with Gasteiger partial charge < -0.3 is 0 Å². The molecular formula is C108H170N4S6. The quantitative estimate of drug-likeness (QED) is 0.0354. The molecule has 4 aromatic heterocycles. The molecule has 0 atom stereocenters. The van der Waals surface area contributed by atoms with E-state index in [1.165, 1.54) is 552 Å². The molecule has 0 spiro atoms. The molecule has 4 nitrogen and oxygen atoms in total. The third-order valence-corrected chi connectivity index (χ3v) is 34.2. The second-order valence-electron chi connectivity index (χ2n) is 37.8. The van der Waals surface area contributed by atoms with Crippen LogP contribution in [0.2, 0.25) is 0 Å². The van der Waals surface area contributed by atoms with Gasteiger partial charge in [-0.1, -0.05) is 446 Å². The molecule has 0 bridgehead atoms. The van der Waals surface area contributed by atoms with Gasteiger partial charge in [-0.2, -0.15) is 17.5 Å². The number of hydrogen-bond donors (Lipinski definition) is 0. The minimum absolute atomic E-state index is 0.104. The summed E-state index contributed by atoms with van der Waals surface area (Å²) in [7, 11) is 0. The highest BCUT2D eigenvalue weighted by molar-refractivity contribution is 8.22. The molecular weight excluding hydrogens is 1550 g/mol. The summed E-state index contributed by atoms with van der Waals surface area (Å²) < 4.78 is 23.5. The van der Waals surface area contributed by atoms with E-state index in [-0.39, 0.29) is 10.8 Å². The van der Waals surface area contributed by atoms with Gasteiger partial charge in [0.1, 0.15) is 22.1 Å². The van der Waals surface area contributed by atoms with Crippen LogP contribution >= 0.6 is 69.7 Å². The van der Waals surface area contributed by atoms with Gasteiger partial charge in [0.15, 0.2) is 0 Å². The molecule has 3 aliphatic carbocycles. The highest BCUT2D eigenvalue weighted by atomic mass is 32.2. The van der Waals surface area contributed by atoms with Crippen LogP contribution in [0.5, 0.6) is 0 Å². The van der Waals surface area contributed by atoms with Crippen LogP contribution in [-0.2, 0) is 10.8 Å². The lowest BCUT2D eigenvalue weighted by molar-refractivity contribution is 0.393.